The van der Waals surface area contributed by atoms with Crippen LogP contribution in [-0.2, 0) is 6.54 Å². The maximum atomic E-state index is 12.4. The van der Waals surface area contributed by atoms with E-state index in [0.717, 1.165) is 5.56 Å². The molecule has 5 nitrogen and oxygen atoms in total. The van der Waals surface area contributed by atoms with E-state index in [1.165, 1.54) is 0 Å². The predicted molar refractivity (Wildman–Crippen MR) is 79.6 cm³/mol. The second-order valence-electron chi connectivity index (χ2n) is 4.77. The van der Waals surface area contributed by atoms with Crippen molar-refractivity contribution >= 4 is 17.1 Å². The van der Waals surface area contributed by atoms with Gasteiger partial charge in [-0.3, -0.25) is 9.78 Å². The number of hydrogen-bond acceptors (Lipinski definition) is 4. The van der Waals surface area contributed by atoms with Crippen LogP contribution in [0.15, 0.2) is 55.0 Å². The molecule has 2 heterocycles. The summed E-state index contributed by atoms with van der Waals surface area (Å²) in [4.78, 5) is 26.5. The molecule has 104 valence electrons. The highest BCUT2D eigenvalue weighted by Gasteiger charge is 2.13. The van der Waals surface area contributed by atoms with E-state index in [1.54, 1.807) is 36.6 Å². The maximum absolute atomic E-state index is 12.4. The quantitative estimate of drug-likeness (QED) is 0.737. The first-order valence-electron chi connectivity index (χ1n) is 6.60. The Hall–Kier alpha value is -2.82. The third-order valence-electron chi connectivity index (χ3n) is 3.18. The van der Waals surface area contributed by atoms with E-state index in [0.29, 0.717) is 23.3 Å². The first kappa shape index (κ1) is 13.2. The third kappa shape index (κ3) is 2.86. The largest absolute Gasteiger partial charge is 0.337 e. The van der Waals surface area contributed by atoms with Gasteiger partial charge < -0.3 is 4.90 Å². The second-order valence-corrected chi connectivity index (χ2v) is 4.77. The van der Waals surface area contributed by atoms with E-state index in [-0.39, 0.29) is 5.91 Å². The summed E-state index contributed by atoms with van der Waals surface area (Å²) in [6.45, 7) is 0.554. The predicted octanol–water partition coefficient (Wildman–Crippen LogP) is 2.30. The molecule has 0 fully saturated rings. The lowest BCUT2D eigenvalue weighted by Gasteiger charge is -2.17. The summed E-state index contributed by atoms with van der Waals surface area (Å²) in [6.07, 6.45) is 4.71. The van der Waals surface area contributed by atoms with Gasteiger partial charge in [0, 0.05) is 32.2 Å². The van der Waals surface area contributed by atoms with E-state index < -0.39 is 0 Å². The number of amides is 1. The Morgan fingerprint density at radius 3 is 2.67 bits per heavy atom. The zero-order valence-electron chi connectivity index (χ0n) is 11.6. The topological polar surface area (TPSA) is 59.0 Å². The van der Waals surface area contributed by atoms with E-state index in [9.17, 15) is 4.79 Å². The van der Waals surface area contributed by atoms with Crippen LogP contribution in [0.2, 0.25) is 0 Å². The molecule has 0 unspecified atom stereocenters. The van der Waals surface area contributed by atoms with Crippen LogP contribution in [0, 0.1) is 0 Å². The molecule has 0 radical (unpaired) electrons. The molecule has 0 bridgehead atoms. The summed E-state index contributed by atoms with van der Waals surface area (Å²) in [5.41, 5.74) is 2.76. The fraction of sp³-hybridized carbons (Fsp3) is 0.125. The average molecular weight is 278 g/mol. The number of nitrogens with zero attached hydrogens (tertiary/aromatic N) is 4. The van der Waals surface area contributed by atoms with E-state index in [1.807, 2.05) is 30.3 Å². The molecule has 0 aliphatic carbocycles. The Morgan fingerprint density at radius 2 is 1.86 bits per heavy atom. The molecule has 5 heteroatoms. The highest BCUT2D eigenvalue weighted by molar-refractivity contribution is 5.96. The van der Waals surface area contributed by atoms with Crippen molar-refractivity contribution in [1.82, 2.24) is 19.9 Å². The molecule has 0 spiro atoms. The van der Waals surface area contributed by atoms with Crippen molar-refractivity contribution in [3.8, 4) is 0 Å². The standard InChI is InChI=1S/C16H14N4O/c1-20(11-12-5-3-2-4-6-12)16(21)13-9-14-15(19-10-13)18-8-7-17-14/h2-10H,11H2,1H3. The van der Waals surface area contributed by atoms with Gasteiger partial charge in [0.1, 0.15) is 5.52 Å². The molecule has 0 saturated carbocycles. The number of aromatic nitrogens is 3. The molecule has 2 aromatic heterocycles. The molecule has 1 amide bonds. The van der Waals surface area contributed by atoms with E-state index >= 15 is 0 Å². The molecule has 21 heavy (non-hydrogen) atoms. The molecule has 0 aliphatic heterocycles. The van der Waals surface area contributed by atoms with Crippen molar-refractivity contribution in [2.75, 3.05) is 7.05 Å². The first-order chi connectivity index (χ1) is 10.2. The van der Waals surface area contributed by atoms with Gasteiger partial charge in [-0.05, 0) is 11.6 Å². The first-order valence-corrected chi connectivity index (χ1v) is 6.60. The zero-order valence-corrected chi connectivity index (χ0v) is 11.6. The summed E-state index contributed by atoms with van der Waals surface area (Å²) in [7, 11) is 1.77. The van der Waals surface area contributed by atoms with Crippen molar-refractivity contribution in [3.05, 3.63) is 66.1 Å². The van der Waals surface area contributed by atoms with Crippen molar-refractivity contribution < 1.29 is 4.79 Å². The van der Waals surface area contributed by atoms with Crippen LogP contribution in [0.1, 0.15) is 15.9 Å². The summed E-state index contributed by atoms with van der Waals surface area (Å²) in [6, 6.07) is 11.6. The Labute approximate surface area is 122 Å². The van der Waals surface area contributed by atoms with Crippen LogP contribution in [-0.4, -0.2) is 32.8 Å². The molecular formula is C16H14N4O. The van der Waals surface area contributed by atoms with Crippen molar-refractivity contribution in [2.45, 2.75) is 6.54 Å². The van der Waals surface area contributed by atoms with Crippen LogP contribution in [0.4, 0.5) is 0 Å². The minimum absolute atomic E-state index is 0.0843. The number of fused-ring (bicyclic) bond motifs is 1. The van der Waals surface area contributed by atoms with Gasteiger partial charge in [0.15, 0.2) is 5.65 Å². The van der Waals surface area contributed by atoms with Gasteiger partial charge in [-0.25, -0.2) is 9.97 Å². The number of hydrogen-bond donors (Lipinski definition) is 0. The van der Waals surface area contributed by atoms with Gasteiger partial charge in [0.2, 0.25) is 0 Å². The van der Waals surface area contributed by atoms with Crippen LogP contribution < -0.4 is 0 Å². The van der Waals surface area contributed by atoms with Gasteiger partial charge in [0.05, 0.1) is 5.56 Å². The second kappa shape index (κ2) is 5.66. The summed E-state index contributed by atoms with van der Waals surface area (Å²) in [5, 5.41) is 0. The Kier molecular flexibility index (Phi) is 3.55. The minimum Gasteiger partial charge on any atom is -0.337 e. The molecule has 0 aliphatic rings. The molecule has 0 saturated heterocycles. The third-order valence-corrected chi connectivity index (χ3v) is 3.18. The maximum Gasteiger partial charge on any atom is 0.255 e. The monoisotopic (exact) mass is 278 g/mol. The smallest absolute Gasteiger partial charge is 0.255 e. The molecular weight excluding hydrogens is 264 g/mol. The molecule has 0 atom stereocenters. The van der Waals surface area contributed by atoms with Crippen LogP contribution in [0.3, 0.4) is 0 Å². The van der Waals surface area contributed by atoms with Gasteiger partial charge >= 0.3 is 0 Å². The van der Waals surface area contributed by atoms with Gasteiger partial charge in [0.25, 0.3) is 5.91 Å². The van der Waals surface area contributed by atoms with E-state index in [2.05, 4.69) is 15.0 Å². The minimum atomic E-state index is -0.0843. The number of rotatable bonds is 3. The SMILES string of the molecule is CN(Cc1ccccc1)C(=O)c1cnc2nccnc2c1. The highest BCUT2D eigenvalue weighted by Crippen LogP contribution is 2.11. The normalized spacial score (nSPS) is 10.5. The highest BCUT2D eigenvalue weighted by atomic mass is 16.2. The molecule has 3 rings (SSSR count). The lowest BCUT2D eigenvalue weighted by molar-refractivity contribution is 0.0785. The van der Waals surface area contributed by atoms with Gasteiger partial charge in [-0.1, -0.05) is 30.3 Å². The lowest BCUT2D eigenvalue weighted by atomic mass is 10.2. The fourth-order valence-electron chi connectivity index (χ4n) is 2.12. The van der Waals surface area contributed by atoms with Gasteiger partial charge in [-0.15, -0.1) is 0 Å². The van der Waals surface area contributed by atoms with Crippen LogP contribution >= 0.6 is 0 Å². The average Bonchev–Trinajstić information content (AvgIpc) is 2.54. The lowest BCUT2D eigenvalue weighted by Crippen LogP contribution is -2.26. The number of benzene rings is 1. The number of carbonyl (C=O) groups excluding carboxylic acids is 1. The summed E-state index contributed by atoms with van der Waals surface area (Å²) < 4.78 is 0. The van der Waals surface area contributed by atoms with Crippen molar-refractivity contribution in [3.63, 3.8) is 0 Å². The zero-order chi connectivity index (χ0) is 14.7. The Morgan fingerprint density at radius 1 is 1.10 bits per heavy atom. The summed E-state index contributed by atoms with van der Waals surface area (Å²) in [5.74, 6) is -0.0843. The Balaban J connectivity index is 1.82. The van der Waals surface area contributed by atoms with Gasteiger partial charge in [-0.2, -0.15) is 0 Å². The van der Waals surface area contributed by atoms with Crippen molar-refractivity contribution in [1.29, 1.82) is 0 Å². The number of carbonyl (C=O) groups is 1. The molecule has 1 aromatic carbocycles. The van der Waals surface area contributed by atoms with Crippen molar-refractivity contribution in [2.24, 2.45) is 0 Å². The molecule has 3 aromatic rings. The molecule has 0 N–H and O–H groups in total. The summed E-state index contributed by atoms with van der Waals surface area (Å²) >= 11 is 0. The van der Waals surface area contributed by atoms with Crippen LogP contribution in [0.5, 0.6) is 0 Å². The van der Waals surface area contributed by atoms with Crippen LogP contribution in [0.25, 0.3) is 11.2 Å². The fourth-order valence-corrected chi connectivity index (χ4v) is 2.12. The Bertz CT molecular complexity index is 773. The van der Waals surface area contributed by atoms with E-state index in [4.69, 9.17) is 0 Å². The number of pyridine rings is 1.